The Morgan fingerprint density at radius 3 is 2.93 bits per heavy atom. The largest absolute Gasteiger partial charge is 0.478 e. The Kier molecular flexibility index (Phi) is 3.29. The summed E-state index contributed by atoms with van der Waals surface area (Å²) < 4.78 is 0. The molecule has 4 heteroatoms. The molecule has 1 atom stereocenters. The number of carbonyl (C=O) groups is 1. The van der Waals surface area contributed by atoms with Crippen LogP contribution in [0.1, 0.15) is 22.8 Å². The fraction of sp³-hybridized carbons (Fsp3) is 0.273. The van der Waals surface area contributed by atoms with Crippen molar-refractivity contribution in [2.24, 2.45) is 0 Å². The van der Waals surface area contributed by atoms with Crippen molar-refractivity contribution in [2.75, 3.05) is 5.32 Å². The molecule has 0 spiro atoms. The highest BCUT2D eigenvalue weighted by Crippen LogP contribution is 2.17. The molecule has 0 aliphatic carbocycles. The molecule has 0 bridgehead atoms. The number of aromatic carboxylic acids is 1. The predicted molar refractivity (Wildman–Crippen MR) is 57.9 cm³/mol. The van der Waals surface area contributed by atoms with E-state index in [2.05, 4.69) is 16.2 Å². The van der Waals surface area contributed by atoms with Crippen molar-refractivity contribution >= 4 is 11.8 Å². The monoisotopic (exact) mass is 204 g/mol. The van der Waals surface area contributed by atoms with Gasteiger partial charge in [-0.3, -0.25) is 0 Å². The van der Waals surface area contributed by atoms with E-state index >= 15 is 0 Å². The lowest BCUT2D eigenvalue weighted by atomic mass is 10.1. The van der Waals surface area contributed by atoms with E-state index in [9.17, 15) is 4.79 Å². The number of terminal acetylenes is 1. The summed E-state index contributed by atoms with van der Waals surface area (Å²) in [4.78, 5) is 14.9. The van der Waals surface area contributed by atoms with Crippen LogP contribution in [0.2, 0.25) is 0 Å². The summed E-state index contributed by atoms with van der Waals surface area (Å²) in [7, 11) is 0. The van der Waals surface area contributed by atoms with Crippen LogP contribution in [-0.2, 0) is 0 Å². The van der Waals surface area contributed by atoms with Gasteiger partial charge in [-0.25, -0.2) is 9.78 Å². The predicted octanol–water partition coefficient (Wildman–Crippen LogP) is 1.52. The Bertz CT molecular complexity index is 421. The lowest BCUT2D eigenvalue weighted by Crippen LogP contribution is -2.17. The van der Waals surface area contributed by atoms with Crippen LogP contribution in [0.3, 0.4) is 0 Å². The SMILES string of the molecule is C#CC(C)Nc1nccc(C)c1C(=O)O. The van der Waals surface area contributed by atoms with E-state index < -0.39 is 5.97 Å². The van der Waals surface area contributed by atoms with Crippen molar-refractivity contribution in [2.45, 2.75) is 19.9 Å². The highest BCUT2D eigenvalue weighted by atomic mass is 16.4. The number of carboxylic acids is 1. The normalized spacial score (nSPS) is 11.5. The van der Waals surface area contributed by atoms with Crippen molar-refractivity contribution < 1.29 is 9.90 Å². The molecule has 78 valence electrons. The number of aryl methyl sites for hydroxylation is 1. The summed E-state index contributed by atoms with van der Waals surface area (Å²) >= 11 is 0. The molecule has 0 radical (unpaired) electrons. The minimum atomic E-state index is -1.01. The van der Waals surface area contributed by atoms with Crippen molar-refractivity contribution in [3.05, 3.63) is 23.4 Å². The summed E-state index contributed by atoms with van der Waals surface area (Å²) in [6.45, 7) is 3.48. The molecule has 4 nitrogen and oxygen atoms in total. The molecular formula is C11H12N2O2. The zero-order valence-electron chi connectivity index (χ0n) is 8.61. The van der Waals surface area contributed by atoms with Gasteiger partial charge in [-0.1, -0.05) is 5.92 Å². The highest BCUT2D eigenvalue weighted by Gasteiger charge is 2.14. The van der Waals surface area contributed by atoms with E-state index in [1.807, 2.05) is 0 Å². The lowest BCUT2D eigenvalue weighted by molar-refractivity contribution is 0.0697. The summed E-state index contributed by atoms with van der Waals surface area (Å²) in [5.74, 6) is 1.76. The zero-order chi connectivity index (χ0) is 11.4. The fourth-order valence-electron chi connectivity index (χ4n) is 1.18. The molecule has 1 unspecified atom stereocenters. The Hall–Kier alpha value is -2.02. The molecule has 2 N–H and O–H groups in total. The maximum Gasteiger partial charge on any atom is 0.339 e. The first-order valence-electron chi connectivity index (χ1n) is 4.47. The van der Waals surface area contributed by atoms with Gasteiger partial charge in [0.05, 0.1) is 6.04 Å². The minimum Gasteiger partial charge on any atom is -0.478 e. The number of anilines is 1. The van der Waals surface area contributed by atoms with Gasteiger partial charge in [-0.15, -0.1) is 6.42 Å². The van der Waals surface area contributed by atoms with E-state index in [4.69, 9.17) is 11.5 Å². The van der Waals surface area contributed by atoms with Gasteiger partial charge in [0, 0.05) is 6.20 Å². The molecule has 1 aromatic heterocycles. The van der Waals surface area contributed by atoms with Crippen molar-refractivity contribution in [1.29, 1.82) is 0 Å². The van der Waals surface area contributed by atoms with Gasteiger partial charge in [-0.2, -0.15) is 0 Å². The second kappa shape index (κ2) is 4.47. The number of nitrogens with zero attached hydrogens (tertiary/aromatic N) is 1. The third-order valence-corrected chi connectivity index (χ3v) is 1.98. The summed E-state index contributed by atoms with van der Waals surface area (Å²) in [5, 5.41) is 11.9. The molecular weight excluding hydrogens is 192 g/mol. The zero-order valence-corrected chi connectivity index (χ0v) is 8.61. The average molecular weight is 204 g/mol. The van der Waals surface area contributed by atoms with Gasteiger partial charge in [0.2, 0.25) is 0 Å². The number of nitrogens with one attached hydrogen (secondary N) is 1. The molecule has 0 fully saturated rings. The topological polar surface area (TPSA) is 62.2 Å². The first-order valence-corrected chi connectivity index (χ1v) is 4.47. The first kappa shape index (κ1) is 11.1. The summed E-state index contributed by atoms with van der Waals surface area (Å²) in [5.41, 5.74) is 0.823. The molecule has 15 heavy (non-hydrogen) atoms. The van der Waals surface area contributed by atoms with Crippen LogP contribution >= 0.6 is 0 Å². The number of aromatic nitrogens is 1. The summed E-state index contributed by atoms with van der Waals surface area (Å²) in [6, 6.07) is 1.40. The molecule has 1 rings (SSSR count). The third-order valence-electron chi connectivity index (χ3n) is 1.98. The van der Waals surface area contributed by atoms with Crippen molar-refractivity contribution in [3.8, 4) is 12.3 Å². The maximum absolute atomic E-state index is 11.0. The number of carboxylic acid groups (broad SMARTS) is 1. The Labute approximate surface area is 88.3 Å². The Morgan fingerprint density at radius 2 is 2.40 bits per heavy atom. The van der Waals surface area contributed by atoms with E-state index in [0.29, 0.717) is 11.4 Å². The van der Waals surface area contributed by atoms with Crippen molar-refractivity contribution in [1.82, 2.24) is 4.98 Å². The number of rotatable bonds is 3. The second-order valence-corrected chi connectivity index (χ2v) is 3.19. The molecule has 1 aromatic rings. The third kappa shape index (κ3) is 2.47. The van der Waals surface area contributed by atoms with Gasteiger partial charge >= 0.3 is 5.97 Å². The maximum atomic E-state index is 11.0. The van der Waals surface area contributed by atoms with Crippen LogP contribution in [0.4, 0.5) is 5.82 Å². The standard InChI is InChI=1S/C11H12N2O2/c1-4-8(3)13-10-9(11(14)15)7(2)5-6-12-10/h1,5-6,8H,2-3H3,(H,12,13)(H,14,15). The van der Waals surface area contributed by atoms with Crippen LogP contribution < -0.4 is 5.32 Å². The van der Waals surface area contributed by atoms with Gasteiger partial charge in [0.1, 0.15) is 11.4 Å². The van der Waals surface area contributed by atoms with Crippen LogP contribution in [0.25, 0.3) is 0 Å². The molecule has 0 aliphatic rings. The number of pyridine rings is 1. The van der Waals surface area contributed by atoms with E-state index in [0.717, 1.165) is 0 Å². The fourth-order valence-corrected chi connectivity index (χ4v) is 1.18. The smallest absolute Gasteiger partial charge is 0.339 e. The van der Waals surface area contributed by atoms with Crippen LogP contribution in [0.5, 0.6) is 0 Å². The van der Waals surface area contributed by atoms with Crippen molar-refractivity contribution in [3.63, 3.8) is 0 Å². The van der Waals surface area contributed by atoms with Gasteiger partial charge < -0.3 is 10.4 Å². The van der Waals surface area contributed by atoms with Gasteiger partial charge in [0.25, 0.3) is 0 Å². The van der Waals surface area contributed by atoms with Gasteiger partial charge in [-0.05, 0) is 25.5 Å². The molecule has 1 heterocycles. The highest BCUT2D eigenvalue weighted by molar-refractivity contribution is 5.94. The Morgan fingerprint density at radius 1 is 1.73 bits per heavy atom. The average Bonchev–Trinajstić information content (AvgIpc) is 2.17. The quantitative estimate of drug-likeness (QED) is 0.733. The number of hydrogen-bond acceptors (Lipinski definition) is 3. The van der Waals surface area contributed by atoms with Gasteiger partial charge in [0.15, 0.2) is 0 Å². The molecule has 0 saturated heterocycles. The lowest BCUT2D eigenvalue weighted by Gasteiger charge is -2.12. The molecule has 0 amide bonds. The second-order valence-electron chi connectivity index (χ2n) is 3.19. The van der Waals surface area contributed by atoms with Crippen LogP contribution in [0.15, 0.2) is 12.3 Å². The van der Waals surface area contributed by atoms with Crippen LogP contribution in [-0.4, -0.2) is 22.1 Å². The van der Waals surface area contributed by atoms with Crippen LogP contribution in [0, 0.1) is 19.3 Å². The van der Waals surface area contributed by atoms with E-state index in [1.54, 1.807) is 26.1 Å². The molecule has 0 aromatic carbocycles. The van der Waals surface area contributed by atoms with E-state index in [1.165, 1.54) is 0 Å². The molecule has 0 saturated carbocycles. The Balaban J connectivity index is 3.13. The number of hydrogen-bond donors (Lipinski definition) is 2. The summed E-state index contributed by atoms with van der Waals surface area (Å²) in [6.07, 6.45) is 6.75. The first-order chi connectivity index (χ1) is 7.06. The minimum absolute atomic E-state index is 0.166. The van der Waals surface area contributed by atoms with E-state index in [-0.39, 0.29) is 11.6 Å². The molecule has 0 aliphatic heterocycles.